The molecule has 0 heterocycles. The number of rotatable bonds is 15. The van der Waals surface area contributed by atoms with Crippen LogP contribution in [0, 0.1) is 0 Å². The van der Waals surface area contributed by atoms with Crippen molar-refractivity contribution in [1.82, 2.24) is 16.0 Å². The number of nitrogens with two attached hydrogens (primary N) is 2. The molecule has 0 aromatic carbocycles. The molecule has 0 spiro atoms. The third-order valence-electron chi connectivity index (χ3n) is 3.93. The molecule has 0 aromatic rings. The maximum Gasteiger partial charge on any atom is 0.327 e. The summed E-state index contributed by atoms with van der Waals surface area (Å²) >= 11 is 3.77. The summed E-state index contributed by atoms with van der Waals surface area (Å²) in [5.74, 6) is -5.96. The Morgan fingerprint density at radius 2 is 1.40 bits per heavy atom. The first-order valence-electron chi connectivity index (χ1n) is 9.10. The molecule has 3 amide bonds. The number of nitrogens with one attached hydrogen (secondary N) is 3. The molecule has 0 radical (unpaired) electrons. The van der Waals surface area contributed by atoms with Crippen LogP contribution in [0.25, 0.3) is 0 Å². The molecule has 30 heavy (non-hydrogen) atoms. The van der Waals surface area contributed by atoms with Crippen LogP contribution in [-0.2, 0) is 24.0 Å². The largest absolute Gasteiger partial charge is 0.481 e. The fourth-order valence-electron chi connectivity index (χ4n) is 2.23. The molecule has 14 heteroatoms. The average molecular weight is 452 g/mol. The molecule has 0 aliphatic heterocycles. The van der Waals surface area contributed by atoms with Crippen molar-refractivity contribution >= 4 is 42.3 Å². The van der Waals surface area contributed by atoms with Gasteiger partial charge in [-0.2, -0.15) is 12.6 Å². The number of carboxylic acid groups (broad SMARTS) is 2. The van der Waals surface area contributed by atoms with Crippen molar-refractivity contribution in [3.05, 3.63) is 0 Å². The van der Waals surface area contributed by atoms with Gasteiger partial charge in [-0.3, -0.25) is 19.2 Å². The second-order valence-electron chi connectivity index (χ2n) is 6.38. The molecule has 0 aromatic heterocycles. The summed E-state index contributed by atoms with van der Waals surface area (Å²) in [5.41, 5.74) is 11.1. The van der Waals surface area contributed by atoms with Crippen LogP contribution in [-0.4, -0.2) is 88.1 Å². The minimum atomic E-state index is -1.65. The maximum atomic E-state index is 12.3. The lowest BCUT2D eigenvalue weighted by Gasteiger charge is -2.23. The smallest absolute Gasteiger partial charge is 0.327 e. The van der Waals surface area contributed by atoms with E-state index in [0.29, 0.717) is 25.8 Å². The molecule has 10 N–H and O–H groups in total. The molecule has 0 fully saturated rings. The third-order valence-corrected chi connectivity index (χ3v) is 4.30. The van der Waals surface area contributed by atoms with Gasteiger partial charge in [-0.05, 0) is 19.4 Å². The highest BCUT2D eigenvalue weighted by Crippen LogP contribution is 2.01. The van der Waals surface area contributed by atoms with Gasteiger partial charge in [0.05, 0.1) is 19.1 Å². The Labute approximate surface area is 178 Å². The number of aliphatic carboxylic acids is 2. The summed E-state index contributed by atoms with van der Waals surface area (Å²) in [5, 5.41) is 33.7. The van der Waals surface area contributed by atoms with Crippen molar-refractivity contribution in [2.24, 2.45) is 11.5 Å². The molecule has 0 bridgehead atoms. The van der Waals surface area contributed by atoms with E-state index in [0.717, 1.165) is 0 Å². The van der Waals surface area contributed by atoms with E-state index in [-0.39, 0.29) is 5.75 Å². The van der Waals surface area contributed by atoms with Crippen molar-refractivity contribution in [2.45, 2.75) is 49.9 Å². The van der Waals surface area contributed by atoms with E-state index in [2.05, 4.69) is 23.3 Å². The Morgan fingerprint density at radius 3 is 1.87 bits per heavy atom. The predicted octanol–water partition coefficient (Wildman–Crippen LogP) is -3.62. The maximum absolute atomic E-state index is 12.3. The van der Waals surface area contributed by atoms with Crippen LogP contribution in [0.4, 0.5) is 0 Å². The summed E-state index contributed by atoms with van der Waals surface area (Å²) < 4.78 is 0. The number of amides is 3. The molecule has 4 atom stereocenters. The van der Waals surface area contributed by atoms with E-state index in [1.165, 1.54) is 0 Å². The van der Waals surface area contributed by atoms with E-state index < -0.39 is 66.9 Å². The Balaban J connectivity index is 5.08. The van der Waals surface area contributed by atoms with Crippen molar-refractivity contribution in [2.75, 3.05) is 18.9 Å². The van der Waals surface area contributed by atoms with Crippen LogP contribution in [0.5, 0.6) is 0 Å². The standard InChI is InChI=1S/C16H29N5O8S/c17-4-2-1-3-8(18)13(25)20-10(6-22)15(27)19-9(5-12(23)24)14(26)21-11(7-30)16(28)29/h8-11,22,30H,1-7,17-18H2,(H,19,27)(H,20,25)(H,21,26)(H,23,24)(H,28,29). The highest BCUT2D eigenvalue weighted by Gasteiger charge is 2.31. The second kappa shape index (κ2) is 14.5. The van der Waals surface area contributed by atoms with Crippen molar-refractivity contribution < 1.29 is 39.3 Å². The number of carbonyl (C=O) groups is 5. The number of aliphatic hydroxyl groups excluding tert-OH is 1. The van der Waals surface area contributed by atoms with Gasteiger partial charge >= 0.3 is 11.9 Å². The zero-order valence-corrected chi connectivity index (χ0v) is 17.1. The molecule has 0 aliphatic rings. The van der Waals surface area contributed by atoms with Gasteiger partial charge in [-0.1, -0.05) is 6.42 Å². The number of thiol groups is 1. The summed E-state index contributed by atoms with van der Waals surface area (Å²) in [6, 6.07) is -5.51. The van der Waals surface area contributed by atoms with Crippen LogP contribution in [0.3, 0.4) is 0 Å². The number of aliphatic hydroxyl groups is 1. The van der Waals surface area contributed by atoms with Gasteiger partial charge in [0.25, 0.3) is 0 Å². The third kappa shape index (κ3) is 10.4. The van der Waals surface area contributed by atoms with Gasteiger partial charge < -0.3 is 42.7 Å². The summed E-state index contributed by atoms with van der Waals surface area (Å²) in [4.78, 5) is 58.6. The number of hydrogen-bond donors (Lipinski definition) is 9. The second-order valence-corrected chi connectivity index (χ2v) is 6.74. The molecule has 0 saturated carbocycles. The van der Waals surface area contributed by atoms with Gasteiger partial charge in [0, 0.05) is 5.75 Å². The van der Waals surface area contributed by atoms with E-state index >= 15 is 0 Å². The molecule has 172 valence electrons. The molecule has 0 aliphatic carbocycles. The number of unbranched alkanes of at least 4 members (excludes halogenated alkanes) is 1. The van der Waals surface area contributed by atoms with Crippen LogP contribution in [0.2, 0.25) is 0 Å². The minimum absolute atomic E-state index is 0.272. The monoisotopic (exact) mass is 451 g/mol. The van der Waals surface area contributed by atoms with Crippen molar-refractivity contribution in [3.8, 4) is 0 Å². The number of carbonyl (C=O) groups excluding carboxylic acids is 3. The average Bonchev–Trinajstić information content (AvgIpc) is 2.68. The molecule has 0 rings (SSSR count). The Hall–Kier alpha value is -2.42. The van der Waals surface area contributed by atoms with Gasteiger partial charge in [-0.15, -0.1) is 0 Å². The predicted molar refractivity (Wildman–Crippen MR) is 108 cm³/mol. The van der Waals surface area contributed by atoms with Crippen LogP contribution in [0.15, 0.2) is 0 Å². The first-order chi connectivity index (χ1) is 14.1. The van der Waals surface area contributed by atoms with E-state index in [1.807, 2.05) is 5.32 Å². The van der Waals surface area contributed by atoms with Crippen LogP contribution >= 0.6 is 12.6 Å². The summed E-state index contributed by atoms with van der Waals surface area (Å²) in [6.45, 7) is -0.415. The number of carboxylic acids is 2. The molecule has 0 saturated heterocycles. The molecule has 13 nitrogen and oxygen atoms in total. The fourth-order valence-corrected chi connectivity index (χ4v) is 2.47. The SMILES string of the molecule is NCCCCC(N)C(=O)NC(CO)C(=O)NC(CC(=O)O)C(=O)NC(CS)C(=O)O. The topological polar surface area (TPSA) is 234 Å². The zero-order chi connectivity index (χ0) is 23.3. The van der Waals surface area contributed by atoms with Gasteiger partial charge in [0.15, 0.2) is 0 Å². The Bertz CT molecular complexity index is 620. The van der Waals surface area contributed by atoms with E-state index in [4.69, 9.17) is 21.7 Å². The number of hydrogen-bond acceptors (Lipinski definition) is 9. The molecule has 4 unspecified atom stereocenters. The quantitative estimate of drug-likeness (QED) is 0.0875. The Kier molecular flexibility index (Phi) is 13.4. The molecular weight excluding hydrogens is 422 g/mol. The minimum Gasteiger partial charge on any atom is -0.481 e. The normalized spacial score (nSPS) is 14.7. The first-order valence-corrected chi connectivity index (χ1v) is 9.73. The van der Waals surface area contributed by atoms with E-state index in [1.54, 1.807) is 0 Å². The van der Waals surface area contributed by atoms with Crippen LogP contribution < -0.4 is 27.4 Å². The first kappa shape index (κ1) is 27.6. The lowest BCUT2D eigenvalue weighted by molar-refractivity contribution is -0.143. The lowest BCUT2D eigenvalue weighted by atomic mass is 10.1. The Morgan fingerprint density at radius 1 is 0.867 bits per heavy atom. The van der Waals surface area contributed by atoms with Crippen molar-refractivity contribution in [3.63, 3.8) is 0 Å². The van der Waals surface area contributed by atoms with Gasteiger partial charge in [-0.25, -0.2) is 4.79 Å². The van der Waals surface area contributed by atoms with Crippen LogP contribution in [0.1, 0.15) is 25.7 Å². The van der Waals surface area contributed by atoms with E-state index in [9.17, 15) is 29.1 Å². The highest BCUT2D eigenvalue weighted by molar-refractivity contribution is 7.80. The lowest BCUT2D eigenvalue weighted by Crippen LogP contribution is -2.58. The van der Waals surface area contributed by atoms with Gasteiger partial charge in [0.1, 0.15) is 18.1 Å². The fraction of sp³-hybridized carbons (Fsp3) is 0.688. The van der Waals surface area contributed by atoms with Gasteiger partial charge in [0.2, 0.25) is 17.7 Å². The summed E-state index contributed by atoms with van der Waals surface area (Å²) in [7, 11) is 0. The highest BCUT2D eigenvalue weighted by atomic mass is 32.1. The van der Waals surface area contributed by atoms with Crippen molar-refractivity contribution in [1.29, 1.82) is 0 Å². The molecular formula is C16H29N5O8S. The zero-order valence-electron chi connectivity index (χ0n) is 16.2. The summed E-state index contributed by atoms with van der Waals surface area (Å²) in [6.07, 6.45) is 0.673.